The SMILES string of the molecule is CN1[OH+]N(c2[c-]c(Sc3[c-]c4c(cc3)c3ccccc3n4-c3cc(-c4ccccc4)ccn3)ccc2)c2ccccc21.[Pt]. The van der Waals surface area contributed by atoms with Gasteiger partial charge in [0.1, 0.15) is 17.2 Å². The molecule has 1 aliphatic rings. The molecule has 1 N–H and O–H groups in total. The van der Waals surface area contributed by atoms with Gasteiger partial charge >= 0.3 is 0 Å². The van der Waals surface area contributed by atoms with Gasteiger partial charge in [0.2, 0.25) is 0 Å². The molecule has 0 fully saturated rings. The van der Waals surface area contributed by atoms with E-state index in [4.69, 9.17) is 9.92 Å². The topological polar surface area (TPSA) is 37.1 Å². The van der Waals surface area contributed by atoms with E-state index < -0.39 is 0 Å². The van der Waals surface area contributed by atoms with E-state index in [2.05, 4.69) is 114 Å². The van der Waals surface area contributed by atoms with Crippen molar-refractivity contribution in [2.45, 2.75) is 9.79 Å². The van der Waals surface area contributed by atoms with Crippen LogP contribution in [0.25, 0.3) is 38.8 Å². The quantitative estimate of drug-likeness (QED) is 0.130. The summed E-state index contributed by atoms with van der Waals surface area (Å²) >= 11 is 1.64. The second-order valence-electron chi connectivity index (χ2n) is 10.1. The van der Waals surface area contributed by atoms with E-state index in [0.29, 0.717) is 0 Å². The minimum absolute atomic E-state index is 0. The Kier molecular flexibility index (Phi) is 7.27. The standard InChI is InChI=1S/C36H24N4OS.Pt/c1-38-33-16-7-8-17-34(33)40(41-38)27-12-9-13-28(23-27)42-29-18-19-31-30-14-5-6-15-32(30)39(35(31)24-29)36-22-26(20-21-37-36)25-10-3-2-4-11-25;/h2-22H,1H3;/q-2;/p+1. The molecule has 1 aliphatic heterocycles. The van der Waals surface area contributed by atoms with Crippen molar-refractivity contribution in [3.63, 3.8) is 0 Å². The molecule has 2 aromatic heterocycles. The molecule has 3 heterocycles. The number of rotatable bonds is 5. The normalized spacial score (nSPS) is 12.5. The molecule has 5 aromatic carbocycles. The number of para-hydroxylation sites is 3. The van der Waals surface area contributed by atoms with Crippen LogP contribution in [0.5, 0.6) is 0 Å². The molecular formula is C36H25N4OPtS-. The van der Waals surface area contributed by atoms with Crippen molar-refractivity contribution in [2.75, 3.05) is 17.2 Å². The third-order valence-electron chi connectivity index (χ3n) is 7.52. The first kappa shape index (κ1) is 27.5. The van der Waals surface area contributed by atoms with Crippen LogP contribution >= 0.6 is 11.8 Å². The van der Waals surface area contributed by atoms with E-state index in [1.54, 1.807) is 11.8 Å². The van der Waals surface area contributed by atoms with E-state index in [0.717, 1.165) is 60.2 Å². The van der Waals surface area contributed by atoms with Gasteiger partial charge < -0.3 is 4.57 Å². The van der Waals surface area contributed by atoms with Gasteiger partial charge in [0.25, 0.3) is 0 Å². The first-order chi connectivity index (χ1) is 20.7. The number of pyridine rings is 1. The second kappa shape index (κ2) is 11.4. The summed E-state index contributed by atoms with van der Waals surface area (Å²) < 4.78 is 2.22. The molecule has 212 valence electrons. The zero-order chi connectivity index (χ0) is 28.0. The van der Waals surface area contributed by atoms with E-state index in [1.807, 2.05) is 47.6 Å². The summed E-state index contributed by atoms with van der Waals surface area (Å²) in [5.74, 6) is 0.868. The number of nitrogens with zero attached hydrogens (tertiary/aromatic N) is 4. The van der Waals surface area contributed by atoms with Crippen LogP contribution in [0.1, 0.15) is 0 Å². The Morgan fingerprint density at radius 2 is 1.44 bits per heavy atom. The van der Waals surface area contributed by atoms with Gasteiger partial charge in [0.15, 0.2) is 0 Å². The predicted molar refractivity (Wildman–Crippen MR) is 171 cm³/mol. The molecule has 0 unspecified atom stereocenters. The number of benzene rings is 5. The van der Waals surface area contributed by atoms with Crippen molar-refractivity contribution in [1.82, 2.24) is 9.55 Å². The average Bonchev–Trinajstić information content (AvgIpc) is 3.56. The number of anilines is 3. The molecule has 0 aliphatic carbocycles. The van der Waals surface area contributed by atoms with Gasteiger partial charge in [0.05, 0.1) is 7.05 Å². The van der Waals surface area contributed by atoms with Gasteiger partial charge in [-0.25, -0.2) is 4.98 Å². The van der Waals surface area contributed by atoms with Gasteiger partial charge in [-0.3, -0.25) is 0 Å². The summed E-state index contributed by atoms with van der Waals surface area (Å²) in [6, 6.07) is 49.1. The number of hydrogen-bond donors (Lipinski definition) is 0. The van der Waals surface area contributed by atoms with Crippen molar-refractivity contribution in [3.8, 4) is 16.9 Å². The second-order valence-corrected chi connectivity index (χ2v) is 11.2. The number of hydrogen-bond acceptors (Lipinski definition) is 4. The minimum Gasteiger partial charge on any atom is -0.319 e. The summed E-state index contributed by atoms with van der Waals surface area (Å²) in [4.78, 5) is 11.5. The van der Waals surface area contributed by atoms with Gasteiger partial charge in [-0.1, -0.05) is 66.2 Å². The molecule has 0 atom stereocenters. The first-order valence-electron chi connectivity index (χ1n) is 13.7. The molecule has 5 nitrogen and oxygen atoms in total. The van der Waals surface area contributed by atoms with Crippen LogP contribution in [0.2, 0.25) is 0 Å². The maximum atomic E-state index is 4.81. The molecule has 0 saturated heterocycles. The van der Waals surface area contributed by atoms with Crippen LogP contribution in [0.15, 0.2) is 137 Å². The van der Waals surface area contributed by atoms with E-state index in [1.165, 1.54) is 5.39 Å². The predicted octanol–water partition coefficient (Wildman–Crippen LogP) is 9.02. The van der Waals surface area contributed by atoms with Crippen molar-refractivity contribution in [3.05, 3.63) is 140 Å². The van der Waals surface area contributed by atoms with Gasteiger partial charge in [-0.2, -0.15) is 29.2 Å². The maximum Gasteiger partial charge on any atom is 0.145 e. The number of fused-ring (bicyclic) bond motifs is 4. The van der Waals surface area contributed by atoms with Crippen LogP contribution in [0, 0.1) is 12.1 Å². The Balaban J connectivity index is 0.00000300. The Morgan fingerprint density at radius 3 is 2.33 bits per heavy atom. The molecule has 0 radical (unpaired) electrons. The maximum absolute atomic E-state index is 4.81. The van der Waals surface area contributed by atoms with Crippen molar-refractivity contribution in [2.24, 2.45) is 0 Å². The van der Waals surface area contributed by atoms with Crippen LogP contribution in [-0.2, 0) is 21.1 Å². The third-order valence-corrected chi connectivity index (χ3v) is 8.44. The molecular weight excluding hydrogens is 732 g/mol. The Morgan fingerprint density at radius 1 is 0.674 bits per heavy atom. The summed E-state index contributed by atoms with van der Waals surface area (Å²) in [6.45, 7) is 0. The Labute approximate surface area is 268 Å². The third kappa shape index (κ3) is 4.92. The zero-order valence-electron chi connectivity index (χ0n) is 23.1. The van der Waals surface area contributed by atoms with Crippen LogP contribution in [0.4, 0.5) is 17.1 Å². The minimum atomic E-state index is 0. The molecule has 8 rings (SSSR count). The molecule has 7 heteroatoms. The smallest absolute Gasteiger partial charge is 0.145 e. The Bertz CT molecular complexity index is 2100. The Hall–Kier alpha value is -4.35. The largest absolute Gasteiger partial charge is 0.319 e. The average molecular weight is 757 g/mol. The van der Waals surface area contributed by atoms with Gasteiger partial charge in [-0.05, 0) is 46.8 Å². The van der Waals surface area contributed by atoms with Crippen molar-refractivity contribution < 1.29 is 26.0 Å². The number of hydroxylamine groups is 1. The van der Waals surface area contributed by atoms with E-state index in [-0.39, 0.29) is 21.1 Å². The van der Waals surface area contributed by atoms with E-state index >= 15 is 0 Å². The van der Waals surface area contributed by atoms with Crippen LogP contribution < -0.4 is 10.1 Å². The number of aromatic nitrogens is 2. The fourth-order valence-electron chi connectivity index (χ4n) is 5.59. The molecule has 7 aromatic rings. The summed E-state index contributed by atoms with van der Waals surface area (Å²) in [5.41, 5.74) is 7.41. The summed E-state index contributed by atoms with van der Waals surface area (Å²) in [6.07, 6.45) is 1.89. The monoisotopic (exact) mass is 756 g/mol. The fourth-order valence-corrected chi connectivity index (χ4v) is 6.41. The molecule has 0 bridgehead atoms. The summed E-state index contributed by atoms with van der Waals surface area (Å²) in [5, 5.41) is 6.16. The zero-order valence-corrected chi connectivity index (χ0v) is 26.2. The van der Waals surface area contributed by atoms with E-state index in [9.17, 15) is 0 Å². The van der Waals surface area contributed by atoms with Crippen molar-refractivity contribution >= 4 is 50.6 Å². The van der Waals surface area contributed by atoms with Gasteiger partial charge in [-0.15, -0.1) is 55.3 Å². The first-order valence-corrected chi connectivity index (χ1v) is 14.6. The molecule has 43 heavy (non-hydrogen) atoms. The summed E-state index contributed by atoms with van der Waals surface area (Å²) in [7, 11) is 1.96. The van der Waals surface area contributed by atoms with Crippen LogP contribution in [0.3, 0.4) is 0 Å². The van der Waals surface area contributed by atoms with Crippen molar-refractivity contribution in [1.29, 1.82) is 0 Å². The van der Waals surface area contributed by atoms with Gasteiger partial charge in [0, 0.05) is 38.5 Å². The fraction of sp³-hybridized carbons (Fsp3) is 0.0278. The molecule has 0 saturated carbocycles. The molecule has 0 amide bonds. The van der Waals surface area contributed by atoms with Crippen LogP contribution in [-0.4, -0.2) is 21.5 Å². The molecule has 0 spiro atoms.